The summed E-state index contributed by atoms with van der Waals surface area (Å²) in [4.78, 5) is 2.53. The van der Waals surface area contributed by atoms with Gasteiger partial charge >= 0.3 is 0 Å². The molecule has 1 aliphatic carbocycles. The molecular formula is C13H28N2O. The van der Waals surface area contributed by atoms with Crippen LogP contribution >= 0.6 is 0 Å². The van der Waals surface area contributed by atoms with Crippen molar-refractivity contribution in [2.75, 3.05) is 26.7 Å². The van der Waals surface area contributed by atoms with Crippen molar-refractivity contribution in [1.82, 2.24) is 10.2 Å². The van der Waals surface area contributed by atoms with Crippen LogP contribution in [0.4, 0.5) is 0 Å². The molecule has 1 saturated carbocycles. The summed E-state index contributed by atoms with van der Waals surface area (Å²) in [7, 11) is 1.94. The van der Waals surface area contributed by atoms with Gasteiger partial charge in [-0.25, -0.2) is 0 Å². The minimum Gasteiger partial charge on any atom is -0.394 e. The smallest absolute Gasteiger partial charge is 0.0623 e. The lowest BCUT2D eigenvalue weighted by molar-refractivity contribution is 0.0879. The highest BCUT2D eigenvalue weighted by Gasteiger charge is 2.28. The van der Waals surface area contributed by atoms with Crippen LogP contribution in [0.5, 0.6) is 0 Å². The first-order valence-corrected chi connectivity index (χ1v) is 6.69. The Kier molecular flexibility index (Phi) is 5.73. The summed E-state index contributed by atoms with van der Waals surface area (Å²) in [6.07, 6.45) is 6.81. The minimum absolute atomic E-state index is 0.159. The maximum Gasteiger partial charge on any atom is 0.0623 e. The van der Waals surface area contributed by atoms with E-state index in [-0.39, 0.29) is 12.1 Å². The molecule has 0 amide bonds. The maximum atomic E-state index is 9.44. The lowest BCUT2D eigenvalue weighted by atomic mass is 9.92. The van der Waals surface area contributed by atoms with Crippen LogP contribution in [0.3, 0.4) is 0 Å². The third-order valence-electron chi connectivity index (χ3n) is 4.00. The SMILES string of the molecule is CCN(CC(C)(CO)NC)C1CCCCC1. The maximum absolute atomic E-state index is 9.44. The van der Waals surface area contributed by atoms with Crippen molar-refractivity contribution >= 4 is 0 Å². The Labute approximate surface area is 100 Å². The monoisotopic (exact) mass is 228 g/mol. The Balaban J connectivity index is 2.52. The highest BCUT2D eigenvalue weighted by Crippen LogP contribution is 2.23. The van der Waals surface area contributed by atoms with Gasteiger partial charge in [-0.3, -0.25) is 4.90 Å². The highest BCUT2D eigenvalue weighted by atomic mass is 16.3. The van der Waals surface area contributed by atoms with E-state index in [1.807, 2.05) is 7.05 Å². The van der Waals surface area contributed by atoms with Crippen molar-refractivity contribution in [2.45, 2.75) is 57.5 Å². The number of likely N-dealkylation sites (N-methyl/N-ethyl adjacent to an activating group) is 2. The molecule has 16 heavy (non-hydrogen) atoms. The molecule has 1 unspecified atom stereocenters. The standard InChI is InChI=1S/C13H28N2O/c1-4-15(10-13(2,11-16)14-3)12-8-6-5-7-9-12/h12,14,16H,4-11H2,1-3H3. The van der Waals surface area contributed by atoms with Crippen molar-refractivity contribution in [1.29, 1.82) is 0 Å². The van der Waals surface area contributed by atoms with E-state index in [0.717, 1.165) is 19.1 Å². The second-order valence-electron chi connectivity index (χ2n) is 5.32. The summed E-state index contributed by atoms with van der Waals surface area (Å²) < 4.78 is 0. The van der Waals surface area contributed by atoms with E-state index < -0.39 is 0 Å². The van der Waals surface area contributed by atoms with Crippen LogP contribution in [0.15, 0.2) is 0 Å². The topological polar surface area (TPSA) is 35.5 Å². The normalized spacial score (nSPS) is 22.3. The number of hydrogen-bond acceptors (Lipinski definition) is 3. The van der Waals surface area contributed by atoms with Gasteiger partial charge in [-0.2, -0.15) is 0 Å². The van der Waals surface area contributed by atoms with E-state index in [1.54, 1.807) is 0 Å². The molecule has 3 nitrogen and oxygen atoms in total. The fourth-order valence-corrected chi connectivity index (χ4v) is 2.60. The summed E-state index contributed by atoms with van der Waals surface area (Å²) in [5.41, 5.74) is -0.159. The molecule has 1 fully saturated rings. The van der Waals surface area contributed by atoms with E-state index >= 15 is 0 Å². The Morgan fingerprint density at radius 1 is 1.31 bits per heavy atom. The summed E-state index contributed by atoms with van der Waals surface area (Å²) in [5.74, 6) is 0. The van der Waals surface area contributed by atoms with Gasteiger partial charge in [0.1, 0.15) is 0 Å². The number of nitrogens with zero attached hydrogens (tertiary/aromatic N) is 1. The number of rotatable bonds is 6. The second-order valence-corrected chi connectivity index (χ2v) is 5.32. The van der Waals surface area contributed by atoms with Gasteiger partial charge in [0.05, 0.1) is 12.1 Å². The van der Waals surface area contributed by atoms with Crippen molar-refractivity contribution in [3.8, 4) is 0 Å². The molecule has 96 valence electrons. The van der Waals surface area contributed by atoms with Gasteiger partial charge in [-0.1, -0.05) is 26.2 Å². The molecule has 0 aromatic rings. The molecule has 0 radical (unpaired) electrons. The van der Waals surface area contributed by atoms with Crippen molar-refractivity contribution in [3.05, 3.63) is 0 Å². The Bertz CT molecular complexity index is 186. The quantitative estimate of drug-likeness (QED) is 0.725. The largest absolute Gasteiger partial charge is 0.394 e. The third-order valence-corrected chi connectivity index (χ3v) is 4.00. The van der Waals surface area contributed by atoms with Gasteiger partial charge in [0.2, 0.25) is 0 Å². The molecular weight excluding hydrogens is 200 g/mol. The van der Waals surface area contributed by atoms with Crippen LogP contribution < -0.4 is 5.32 Å². The van der Waals surface area contributed by atoms with Gasteiger partial charge in [-0.05, 0) is 33.4 Å². The average Bonchev–Trinajstić information content (AvgIpc) is 2.36. The zero-order chi connectivity index (χ0) is 12.0. The Hall–Kier alpha value is -0.120. The van der Waals surface area contributed by atoms with Crippen LogP contribution in [0, 0.1) is 0 Å². The van der Waals surface area contributed by atoms with Crippen LogP contribution in [0.2, 0.25) is 0 Å². The number of nitrogens with one attached hydrogen (secondary N) is 1. The molecule has 1 atom stereocenters. The predicted molar refractivity (Wildman–Crippen MR) is 68.7 cm³/mol. The van der Waals surface area contributed by atoms with Gasteiger partial charge < -0.3 is 10.4 Å². The van der Waals surface area contributed by atoms with Gasteiger partial charge in [-0.15, -0.1) is 0 Å². The summed E-state index contributed by atoms with van der Waals surface area (Å²) in [6.45, 7) is 6.55. The zero-order valence-corrected chi connectivity index (χ0v) is 11.1. The molecule has 0 saturated heterocycles. The first kappa shape index (κ1) is 13.9. The molecule has 0 heterocycles. The number of aliphatic hydroxyl groups excluding tert-OH is 1. The van der Waals surface area contributed by atoms with Crippen LogP contribution in [0.1, 0.15) is 46.0 Å². The fourth-order valence-electron chi connectivity index (χ4n) is 2.60. The minimum atomic E-state index is -0.159. The van der Waals surface area contributed by atoms with E-state index in [2.05, 4.69) is 24.1 Å². The lowest BCUT2D eigenvalue weighted by Crippen LogP contribution is -2.55. The first-order valence-electron chi connectivity index (χ1n) is 6.69. The van der Waals surface area contributed by atoms with Gasteiger partial charge in [0.15, 0.2) is 0 Å². The van der Waals surface area contributed by atoms with E-state index in [0.29, 0.717) is 0 Å². The Morgan fingerprint density at radius 2 is 1.94 bits per heavy atom. The summed E-state index contributed by atoms with van der Waals surface area (Å²) in [6, 6.07) is 0.734. The van der Waals surface area contributed by atoms with Crippen molar-refractivity contribution in [3.63, 3.8) is 0 Å². The molecule has 3 heteroatoms. The van der Waals surface area contributed by atoms with Crippen molar-refractivity contribution < 1.29 is 5.11 Å². The van der Waals surface area contributed by atoms with Crippen molar-refractivity contribution in [2.24, 2.45) is 0 Å². The van der Waals surface area contributed by atoms with Crippen LogP contribution in [-0.4, -0.2) is 48.3 Å². The molecule has 2 N–H and O–H groups in total. The molecule has 0 aromatic heterocycles. The first-order chi connectivity index (χ1) is 7.65. The molecule has 1 aliphatic rings. The highest BCUT2D eigenvalue weighted by molar-refractivity contribution is 4.87. The van der Waals surface area contributed by atoms with Crippen LogP contribution in [-0.2, 0) is 0 Å². The average molecular weight is 228 g/mol. The van der Waals surface area contributed by atoms with Gasteiger partial charge in [0, 0.05) is 12.6 Å². The molecule has 0 bridgehead atoms. The van der Waals surface area contributed by atoms with Gasteiger partial charge in [0.25, 0.3) is 0 Å². The van der Waals surface area contributed by atoms with Crippen LogP contribution in [0.25, 0.3) is 0 Å². The van der Waals surface area contributed by atoms with E-state index in [9.17, 15) is 5.11 Å². The van der Waals surface area contributed by atoms with E-state index in [1.165, 1.54) is 32.1 Å². The van der Waals surface area contributed by atoms with E-state index in [4.69, 9.17) is 0 Å². The number of hydrogen-bond donors (Lipinski definition) is 2. The summed E-state index contributed by atoms with van der Waals surface area (Å²) >= 11 is 0. The zero-order valence-electron chi connectivity index (χ0n) is 11.1. The molecule has 0 aliphatic heterocycles. The second kappa shape index (κ2) is 6.58. The molecule has 1 rings (SSSR count). The lowest BCUT2D eigenvalue weighted by Gasteiger charge is -2.39. The third kappa shape index (κ3) is 3.72. The predicted octanol–water partition coefficient (Wildman–Crippen LogP) is 1.61. The molecule has 0 spiro atoms. The Morgan fingerprint density at radius 3 is 2.38 bits per heavy atom. The molecule has 0 aromatic carbocycles. The fraction of sp³-hybridized carbons (Fsp3) is 1.00. The summed E-state index contributed by atoms with van der Waals surface area (Å²) in [5, 5.41) is 12.7. The number of aliphatic hydroxyl groups is 1.